The number of hydrogen-bond donors (Lipinski definition) is 1. The first kappa shape index (κ1) is 17.8. The summed E-state index contributed by atoms with van der Waals surface area (Å²) in [6, 6.07) is 7.09. The predicted molar refractivity (Wildman–Crippen MR) is 95.0 cm³/mol. The molecule has 3 rings (SSSR count). The molecule has 0 bridgehead atoms. The van der Waals surface area contributed by atoms with E-state index in [0.29, 0.717) is 19.0 Å². The summed E-state index contributed by atoms with van der Waals surface area (Å²) >= 11 is 0. The van der Waals surface area contributed by atoms with E-state index < -0.39 is 10.0 Å². The molecular formula is C17H22N4O3S. The standard InChI is InChI=1S/C17H22N4O3S/c1-13-3-4-15(14(2)11-13)25(22,23)19-12-16-18-6-5-17(20-16)21-7-9-24-10-8-21/h3-6,11,19H,7-10,12H2,1-2H3. The summed E-state index contributed by atoms with van der Waals surface area (Å²) in [5.74, 6) is 1.23. The topological polar surface area (TPSA) is 84.4 Å². The molecule has 25 heavy (non-hydrogen) atoms. The molecule has 1 aromatic heterocycles. The fraction of sp³-hybridized carbons (Fsp3) is 0.412. The zero-order chi connectivity index (χ0) is 17.9. The lowest BCUT2D eigenvalue weighted by atomic mass is 10.2. The Morgan fingerprint density at radius 3 is 2.68 bits per heavy atom. The van der Waals surface area contributed by atoms with E-state index in [1.807, 2.05) is 19.1 Å². The van der Waals surface area contributed by atoms with Crippen molar-refractivity contribution in [2.75, 3.05) is 31.2 Å². The smallest absolute Gasteiger partial charge is 0.241 e. The van der Waals surface area contributed by atoms with E-state index in [0.717, 1.165) is 30.0 Å². The van der Waals surface area contributed by atoms with Crippen molar-refractivity contribution in [2.45, 2.75) is 25.3 Å². The Balaban J connectivity index is 1.72. The van der Waals surface area contributed by atoms with Gasteiger partial charge in [-0.2, -0.15) is 0 Å². The van der Waals surface area contributed by atoms with Crippen LogP contribution in [0.4, 0.5) is 5.82 Å². The number of hydrogen-bond acceptors (Lipinski definition) is 6. The molecule has 0 atom stereocenters. The van der Waals surface area contributed by atoms with Crippen LogP contribution in [0.1, 0.15) is 17.0 Å². The van der Waals surface area contributed by atoms with Gasteiger partial charge in [0.2, 0.25) is 10.0 Å². The van der Waals surface area contributed by atoms with Gasteiger partial charge in [-0.15, -0.1) is 0 Å². The zero-order valence-corrected chi connectivity index (χ0v) is 15.2. The van der Waals surface area contributed by atoms with Crippen molar-refractivity contribution in [2.24, 2.45) is 0 Å². The summed E-state index contributed by atoms with van der Waals surface area (Å²) < 4.78 is 33.0. The molecule has 0 saturated carbocycles. The lowest BCUT2D eigenvalue weighted by molar-refractivity contribution is 0.122. The van der Waals surface area contributed by atoms with Gasteiger partial charge in [0.1, 0.15) is 11.6 Å². The second kappa shape index (κ2) is 7.47. The highest BCUT2D eigenvalue weighted by Crippen LogP contribution is 2.17. The van der Waals surface area contributed by atoms with Crippen molar-refractivity contribution in [3.8, 4) is 0 Å². The van der Waals surface area contributed by atoms with E-state index in [2.05, 4.69) is 19.6 Å². The molecule has 8 heteroatoms. The van der Waals surface area contributed by atoms with E-state index in [9.17, 15) is 8.42 Å². The zero-order valence-electron chi connectivity index (χ0n) is 14.4. The largest absolute Gasteiger partial charge is 0.378 e. The molecule has 1 aliphatic heterocycles. The predicted octanol–water partition coefficient (Wildman–Crippen LogP) is 1.41. The molecule has 1 fully saturated rings. The van der Waals surface area contributed by atoms with Crippen molar-refractivity contribution in [1.82, 2.24) is 14.7 Å². The fourth-order valence-corrected chi connectivity index (χ4v) is 3.98. The third-order valence-corrected chi connectivity index (χ3v) is 5.63. The van der Waals surface area contributed by atoms with E-state index in [-0.39, 0.29) is 11.4 Å². The van der Waals surface area contributed by atoms with Gasteiger partial charge >= 0.3 is 0 Å². The number of anilines is 1. The Morgan fingerprint density at radius 1 is 1.20 bits per heavy atom. The summed E-state index contributed by atoms with van der Waals surface area (Å²) in [4.78, 5) is 11.0. The first-order valence-corrected chi connectivity index (χ1v) is 9.65. The molecule has 2 aromatic rings. The van der Waals surface area contributed by atoms with Crippen LogP contribution < -0.4 is 9.62 Å². The van der Waals surface area contributed by atoms with E-state index in [4.69, 9.17) is 4.74 Å². The number of sulfonamides is 1. The number of benzene rings is 1. The first-order chi connectivity index (χ1) is 12.0. The van der Waals surface area contributed by atoms with Crippen molar-refractivity contribution in [1.29, 1.82) is 0 Å². The summed E-state index contributed by atoms with van der Waals surface area (Å²) in [6.07, 6.45) is 1.65. The molecule has 7 nitrogen and oxygen atoms in total. The van der Waals surface area contributed by atoms with Crippen LogP contribution in [-0.4, -0.2) is 44.7 Å². The van der Waals surface area contributed by atoms with Gasteiger partial charge in [-0.25, -0.2) is 23.1 Å². The SMILES string of the molecule is Cc1ccc(S(=O)(=O)NCc2nccc(N3CCOCC3)n2)c(C)c1. The maximum atomic E-state index is 12.5. The third-order valence-electron chi connectivity index (χ3n) is 4.07. The Kier molecular flexibility index (Phi) is 5.31. The summed E-state index contributed by atoms with van der Waals surface area (Å²) in [6.45, 7) is 6.64. The van der Waals surface area contributed by atoms with Crippen molar-refractivity contribution < 1.29 is 13.2 Å². The highest BCUT2D eigenvalue weighted by atomic mass is 32.2. The van der Waals surface area contributed by atoms with E-state index in [1.54, 1.807) is 25.3 Å². The number of nitrogens with zero attached hydrogens (tertiary/aromatic N) is 3. The van der Waals surface area contributed by atoms with Gasteiger partial charge in [-0.05, 0) is 31.5 Å². The molecule has 2 heterocycles. The van der Waals surface area contributed by atoms with Gasteiger partial charge in [-0.1, -0.05) is 17.7 Å². The molecule has 1 saturated heterocycles. The average molecular weight is 362 g/mol. The van der Waals surface area contributed by atoms with Crippen molar-refractivity contribution in [3.63, 3.8) is 0 Å². The first-order valence-electron chi connectivity index (χ1n) is 8.17. The number of aryl methyl sites for hydroxylation is 2. The van der Waals surface area contributed by atoms with E-state index >= 15 is 0 Å². The summed E-state index contributed by atoms with van der Waals surface area (Å²) in [7, 11) is -3.61. The van der Waals surface area contributed by atoms with Crippen LogP contribution in [0.3, 0.4) is 0 Å². The van der Waals surface area contributed by atoms with E-state index in [1.165, 1.54) is 0 Å². The quantitative estimate of drug-likeness (QED) is 0.866. The number of morpholine rings is 1. The van der Waals surface area contributed by atoms with Crippen LogP contribution in [0.25, 0.3) is 0 Å². The van der Waals surface area contributed by atoms with Crippen LogP contribution in [-0.2, 0) is 21.3 Å². The lowest BCUT2D eigenvalue weighted by Crippen LogP contribution is -2.37. The van der Waals surface area contributed by atoms with Crippen molar-refractivity contribution >= 4 is 15.8 Å². The van der Waals surface area contributed by atoms with Crippen LogP contribution >= 0.6 is 0 Å². The monoisotopic (exact) mass is 362 g/mol. The fourth-order valence-electron chi connectivity index (χ4n) is 2.78. The maximum Gasteiger partial charge on any atom is 0.241 e. The molecular weight excluding hydrogens is 340 g/mol. The molecule has 0 spiro atoms. The third kappa shape index (κ3) is 4.33. The Labute approximate surface area is 148 Å². The Hall–Kier alpha value is -2.03. The maximum absolute atomic E-state index is 12.5. The van der Waals surface area contributed by atoms with Crippen LogP contribution in [0, 0.1) is 13.8 Å². The van der Waals surface area contributed by atoms with Gasteiger partial charge in [0, 0.05) is 19.3 Å². The molecule has 1 aromatic carbocycles. The molecule has 0 unspecified atom stereocenters. The minimum absolute atomic E-state index is 0.0494. The molecule has 0 aliphatic carbocycles. The minimum Gasteiger partial charge on any atom is -0.378 e. The molecule has 1 aliphatic rings. The number of ether oxygens (including phenoxy) is 1. The van der Waals surface area contributed by atoms with Gasteiger partial charge < -0.3 is 9.64 Å². The molecule has 134 valence electrons. The van der Waals surface area contributed by atoms with Gasteiger partial charge in [0.15, 0.2) is 0 Å². The van der Waals surface area contributed by atoms with Crippen LogP contribution in [0.2, 0.25) is 0 Å². The summed E-state index contributed by atoms with van der Waals surface area (Å²) in [5.41, 5.74) is 1.74. The second-order valence-corrected chi connectivity index (χ2v) is 7.76. The highest BCUT2D eigenvalue weighted by Gasteiger charge is 2.18. The Bertz CT molecular complexity index is 849. The Morgan fingerprint density at radius 2 is 1.96 bits per heavy atom. The summed E-state index contributed by atoms with van der Waals surface area (Å²) in [5, 5.41) is 0. The number of aromatic nitrogens is 2. The van der Waals surface area contributed by atoms with Crippen molar-refractivity contribution in [3.05, 3.63) is 47.4 Å². The molecule has 1 N–H and O–H groups in total. The minimum atomic E-state index is -3.61. The molecule has 0 radical (unpaired) electrons. The van der Waals surface area contributed by atoms with Gasteiger partial charge in [0.25, 0.3) is 0 Å². The second-order valence-electron chi connectivity index (χ2n) is 6.02. The highest BCUT2D eigenvalue weighted by molar-refractivity contribution is 7.89. The number of rotatable bonds is 5. The normalized spacial score (nSPS) is 15.4. The number of nitrogens with one attached hydrogen (secondary N) is 1. The van der Waals surface area contributed by atoms with Crippen LogP contribution in [0.15, 0.2) is 35.4 Å². The van der Waals surface area contributed by atoms with Gasteiger partial charge in [0.05, 0.1) is 24.7 Å². The van der Waals surface area contributed by atoms with Gasteiger partial charge in [-0.3, -0.25) is 0 Å². The lowest BCUT2D eigenvalue weighted by Gasteiger charge is -2.27. The average Bonchev–Trinajstić information content (AvgIpc) is 2.61. The molecule has 0 amide bonds. The van der Waals surface area contributed by atoms with Crippen LogP contribution in [0.5, 0.6) is 0 Å².